The van der Waals surface area contributed by atoms with Crippen LogP contribution in [0.3, 0.4) is 0 Å². The molecule has 6 rings (SSSR count). The number of alkyl halides is 12. The molecule has 442 valence electrons. The summed E-state index contributed by atoms with van der Waals surface area (Å²) in [6.45, 7) is 36.5. The predicted octanol–water partition coefficient (Wildman–Crippen LogP) is 17.0. The molecule has 0 spiro atoms. The quantitative estimate of drug-likeness (QED) is 0.0660. The summed E-state index contributed by atoms with van der Waals surface area (Å²) in [6.07, 6.45) is 8.89. The zero-order chi connectivity index (χ0) is 58.6. The van der Waals surface area contributed by atoms with Crippen molar-refractivity contribution < 1.29 is 43.9 Å². The molecule has 0 saturated heterocycles. The summed E-state index contributed by atoms with van der Waals surface area (Å²) in [4.78, 5) is 0. The summed E-state index contributed by atoms with van der Waals surface area (Å²) in [5.41, 5.74) is 16.4. The average molecular weight is 1560 g/mol. The van der Waals surface area contributed by atoms with Crippen molar-refractivity contribution in [3.8, 4) is 22.7 Å². The summed E-state index contributed by atoms with van der Waals surface area (Å²) in [5, 5.41) is 0. The van der Waals surface area contributed by atoms with Gasteiger partial charge in [-0.1, -0.05) is 139 Å². The fourth-order valence-electron chi connectivity index (χ4n) is 8.59. The summed E-state index contributed by atoms with van der Waals surface area (Å²) >= 11 is 64.5. The monoisotopic (exact) mass is 1550 g/mol. The Morgan fingerprint density at radius 2 is 0.474 bits per heavy atom. The van der Waals surface area contributed by atoms with Gasteiger partial charge in [0, 0.05) is 0 Å². The fraction of sp³-hybridized carbons (Fsp3) is 0.483. The van der Waals surface area contributed by atoms with E-state index in [1.165, 1.54) is 67.3 Å². The molecule has 0 aliphatic carbocycles. The van der Waals surface area contributed by atoms with E-state index < -0.39 is 17.2 Å². The van der Waals surface area contributed by atoms with Crippen LogP contribution in [0, 0.1) is 0 Å². The van der Waals surface area contributed by atoms with Crippen molar-refractivity contribution in [3.63, 3.8) is 0 Å². The van der Waals surface area contributed by atoms with Crippen molar-refractivity contribution in [3.05, 3.63) is 142 Å². The SMILES string of the molecule is CC(C)c1cccc(C(C)C)c1-n1cc[n+](-c2c(C(C)C)cccc2C(C)C)c1[Se-].CC(C)c1cccc(C(C)C)c1-n1cc[n+](-c2c(C(C)C)cccc2C(C)C)c1[Se-].ClC(Cl)Cl.ClC(Cl)Cl.ClC(Cl)Cl.ClC(Cl)Cl.[Ag+].[Cl-]. The number of benzene rings is 4. The van der Waals surface area contributed by atoms with Gasteiger partial charge in [0.15, 0.2) is 17.2 Å². The second-order valence-electron chi connectivity index (χ2n) is 20.0. The van der Waals surface area contributed by atoms with E-state index in [1.54, 1.807) is 0 Å². The van der Waals surface area contributed by atoms with Crippen LogP contribution in [0.4, 0.5) is 0 Å². The van der Waals surface area contributed by atoms with Gasteiger partial charge in [0.2, 0.25) is 0 Å². The molecule has 0 bridgehead atoms. The molecule has 4 nitrogen and oxygen atoms in total. The van der Waals surface area contributed by atoms with Gasteiger partial charge in [0.25, 0.3) is 0 Å². The molecule has 0 atom stereocenters. The molecule has 0 fully saturated rings. The fourth-order valence-corrected chi connectivity index (χ4v) is 9.87. The second-order valence-corrected chi connectivity index (χ2v) is 29.5. The van der Waals surface area contributed by atoms with E-state index in [2.05, 4.69) is 259 Å². The van der Waals surface area contributed by atoms with Crippen molar-refractivity contribution >= 4 is 181 Å². The Kier molecular flexibility index (Phi) is 41.8. The smallest absolute Gasteiger partial charge is 1.00 e. The molecule has 0 amide bonds. The predicted molar refractivity (Wildman–Crippen MR) is 343 cm³/mol. The molecule has 20 heteroatoms. The van der Waals surface area contributed by atoms with Gasteiger partial charge in [-0.05, 0) is 0 Å². The van der Waals surface area contributed by atoms with Gasteiger partial charge in [0.05, 0.1) is 0 Å². The van der Waals surface area contributed by atoms with Crippen molar-refractivity contribution in [2.24, 2.45) is 0 Å². The molecule has 2 aromatic heterocycles. The van der Waals surface area contributed by atoms with Crippen LogP contribution in [0.2, 0.25) is 0 Å². The van der Waals surface area contributed by atoms with E-state index in [0.717, 1.165) is 9.45 Å². The number of para-hydroxylation sites is 4. The Labute approximate surface area is 567 Å². The summed E-state index contributed by atoms with van der Waals surface area (Å²) in [7, 11) is 0. The Morgan fingerprint density at radius 3 is 0.628 bits per heavy atom. The molecule has 0 radical (unpaired) electrons. The van der Waals surface area contributed by atoms with Crippen molar-refractivity contribution in [1.29, 1.82) is 0 Å². The van der Waals surface area contributed by atoms with E-state index in [0.29, 0.717) is 47.3 Å². The van der Waals surface area contributed by atoms with E-state index in [-0.39, 0.29) is 34.8 Å². The topological polar surface area (TPSA) is 17.6 Å². The van der Waals surface area contributed by atoms with Crippen LogP contribution >= 0.6 is 139 Å². The van der Waals surface area contributed by atoms with Gasteiger partial charge < -0.3 is 12.4 Å². The summed E-state index contributed by atoms with van der Waals surface area (Å²) in [6, 6.07) is 27.0. The van der Waals surface area contributed by atoms with Crippen LogP contribution in [0.25, 0.3) is 22.7 Å². The molecule has 4 aromatic carbocycles. The van der Waals surface area contributed by atoms with Crippen LogP contribution < -0.4 is 31.0 Å². The van der Waals surface area contributed by atoms with Gasteiger partial charge >= 0.3 is 405 Å². The van der Waals surface area contributed by atoms with Gasteiger partial charge in [-0.2, -0.15) is 0 Å². The first-order valence-electron chi connectivity index (χ1n) is 25.0. The average Bonchev–Trinajstić information content (AvgIpc) is 3.87. The first kappa shape index (κ1) is 80.9. The number of rotatable bonds is 12. The van der Waals surface area contributed by atoms with Crippen LogP contribution in [-0.4, -0.2) is 58.3 Å². The first-order chi connectivity index (χ1) is 35.2. The molecular weight excluding hydrogens is 1480 g/mol. The Morgan fingerprint density at radius 1 is 0.321 bits per heavy atom. The first-order valence-corrected chi connectivity index (χ1v) is 32.0. The number of nitrogens with zero attached hydrogens (tertiary/aromatic N) is 4. The molecule has 6 aromatic rings. The maximum atomic E-state index is 4.81. The largest absolute Gasteiger partial charge is 1.00 e. The third kappa shape index (κ3) is 25.8. The molecule has 0 saturated carbocycles. The maximum Gasteiger partial charge on any atom is 1.00 e. The molecular formula is C58H76AgCl13N4Se2. The zero-order valence-corrected chi connectivity index (χ0v) is 61.7. The van der Waals surface area contributed by atoms with Crippen molar-refractivity contribution in [1.82, 2.24) is 9.13 Å². The third-order valence-corrected chi connectivity index (χ3v) is 13.5. The Hall–Kier alpha value is 0.849. The molecule has 2 heterocycles. The number of hydrogen-bond acceptors (Lipinski definition) is 0. The van der Waals surface area contributed by atoms with Crippen LogP contribution in [0.15, 0.2) is 97.6 Å². The minimum absolute atomic E-state index is 0. The van der Waals surface area contributed by atoms with Gasteiger partial charge in [0.1, 0.15) is 0 Å². The molecule has 0 aliphatic rings. The zero-order valence-electron chi connectivity index (χ0n) is 47.0. The standard InChI is InChI=1S/2C27H36N2Se.4CHCl3.Ag.ClH/c2*1-17(2)21-11-9-12-22(18(3)4)25(21)28-15-16-29(27(28)30)26-23(19(5)6)13-10-14-24(26)20(7)8;4*2-1(3)4;;/h2*9-20H,1-8H3;4*1H;;1H/q;;;;;;+1;/p-1. The van der Waals surface area contributed by atoms with Crippen LogP contribution in [0.1, 0.15) is 203 Å². The molecule has 0 unspecified atom stereocenters. The van der Waals surface area contributed by atoms with E-state index in [1.807, 2.05) is 0 Å². The van der Waals surface area contributed by atoms with Gasteiger partial charge in [-0.25, -0.2) is 0 Å². The minimum Gasteiger partial charge on any atom is -1.00 e. The minimum atomic E-state index is -0.750. The second kappa shape index (κ2) is 40.3. The molecule has 78 heavy (non-hydrogen) atoms. The number of halogens is 13. The van der Waals surface area contributed by atoms with Crippen LogP contribution in [0.5, 0.6) is 0 Å². The normalized spacial score (nSPS) is 11.1. The van der Waals surface area contributed by atoms with E-state index in [9.17, 15) is 0 Å². The summed E-state index contributed by atoms with van der Waals surface area (Å²) < 4.78 is 8.66. The number of aromatic nitrogens is 4. The number of imidazole rings is 2. The van der Waals surface area contributed by atoms with Gasteiger partial charge in [-0.15, -0.1) is 0 Å². The number of hydrogen-bond donors (Lipinski definition) is 0. The Balaban J connectivity index is 0. The van der Waals surface area contributed by atoms with Crippen molar-refractivity contribution in [2.75, 3.05) is 0 Å². The summed E-state index contributed by atoms with van der Waals surface area (Å²) in [5.74, 6) is 3.69. The van der Waals surface area contributed by atoms with Gasteiger partial charge in [-0.3, -0.25) is 0 Å². The molecule has 0 N–H and O–H groups in total. The third-order valence-electron chi connectivity index (χ3n) is 11.9. The molecule has 0 aliphatic heterocycles. The Bertz CT molecular complexity index is 2180. The van der Waals surface area contributed by atoms with E-state index in [4.69, 9.17) is 139 Å². The van der Waals surface area contributed by atoms with Crippen LogP contribution in [-0.2, 0) is 22.4 Å². The maximum absolute atomic E-state index is 4.81. The van der Waals surface area contributed by atoms with E-state index >= 15 is 0 Å². The van der Waals surface area contributed by atoms with Crippen molar-refractivity contribution in [2.45, 2.75) is 175 Å².